The fourth-order valence-electron chi connectivity index (χ4n) is 2.33. The van der Waals surface area contributed by atoms with Crippen LogP contribution < -0.4 is 10.2 Å². The van der Waals surface area contributed by atoms with Crippen molar-refractivity contribution in [1.82, 2.24) is 10.3 Å². The van der Waals surface area contributed by atoms with Crippen molar-refractivity contribution >= 4 is 45.8 Å². The first-order valence-electron chi connectivity index (χ1n) is 6.74. The van der Waals surface area contributed by atoms with E-state index in [1.165, 1.54) is 6.34 Å². The number of aromatic nitrogens is 1. The lowest BCUT2D eigenvalue weighted by atomic mass is 10.2. The molecule has 0 radical (unpaired) electrons. The molecule has 1 saturated heterocycles. The second-order valence-electron chi connectivity index (χ2n) is 4.67. The van der Waals surface area contributed by atoms with Crippen LogP contribution in [-0.2, 0) is 9.53 Å². The highest BCUT2D eigenvalue weighted by Gasteiger charge is 2.15. The van der Waals surface area contributed by atoms with Crippen LogP contribution in [0.3, 0.4) is 0 Å². The summed E-state index contributed by atoms with van der Waals surface area (Å²) in [5, 5.41) is 3.44. The zero-order chi connectivity index (χ0) is 14.7. The quantitative estimate of drug-likeness (QED) is 0.532. The van der Waals surface area contributed by atoms with Gasteiger partial charge in [0, 0.05) is 23.4 Å². The van der Waals surface area contributed by atoms with E-state index in [1.54, 1.807) is 11.3 Å². The molecule has 0 aliphatic carbocycles. The van der Waals surface area contributed by atoms with Crippen molar-refractivity contribution in [3.05, 3.63) is 17.0 Å². The molecule has 110 valence electrons. The van der Waals surface area contributed by atoms with Gasteiger partial charge in [0.05, 0.1) is 25.2 Å². The van der Waals surface area contributed by atoms with E-state index in [9.17, 15) is 4.79 Å². The second kappa shape index (κ2) is 6.19. The predicted octanol–water partition coefficient (Wildman–Crippen LogP) is 1.85. The van der Waals surface area contributed by atoms with Gasteiger partial charge in [0.25, 0.3) is 0 Å². The summed E-state index contributed by atoms with van der Waals surface area (Å²) in [5.41, 5.74) is 0.866. The third-order valence-electron chi connectivity index (χ3n) is 3.36. The summed E-state index contributed by atoms with van der Waals surface area (Å²) in [7, 11) is 0. The number of rotatable bonds is 4. The monoisotopic (exact) mass is 304 g/mol. The summed E-state index contributed by atoms with van der Waals surface area (Å²) < 4.78 is 5.37. The number of aliphatic imine (C=N–C) groups is 1. The Hall–Kier alpha value is -1.99. The Labute approximate surface area is 126 Å². The van der Waals surface area contributed by atoms with Crippen LogP contribution in [-0.4, -0.2) is 44.0 Å². The molecule has 0 spiro atoms. The smallest absolute Gasteiger partial charge is 0.212 e. The maximum Gasteiger partial charge on any atom is 0.212 e. The fraction of sp³-hybridized carbons (Fsp3) is 0.357. The number of hydrogen-bond acceptors (Lipinski definition) is 6. The standard InChI is InChI=1S/C14H16N4O2S/c1-10-13(16-8-15-9-19)11-2-3-12(17-14(11)21-10)18-4-6-20-7-5-18/h2-3,8-9H,4-7H2,1H3,(H,15,16,19). The average Bonchev–Trinajstić information content (AvgIpc) is 2.83. The van der Waals surface area contributed by atoms with E-state index in [-0.39, 0.29) is 0 Å². The molecule has 1 fully saturated rings. The van der Waals surface area contributed by atoms with E-state index in [2.05, 4.69) is 15.2 Å². The normalized spacial score (nSPS) is 15.8. The molecule has 3 rings (SSSR count). The van der Waals surface area contributed by atoms with Crippen molar-refractivity contribution in [1.29, 1.82) is 0 Å². The number of aryl methyl sites for hydroxylation is 1. The molecule has 1 amide bonds. The molecular weight excluding hydrogens is 288 g/mol. The Balaban J connectivity index is 1.93. The topological polar surface area (TPSA) is 66.8 Å². The third-order valence-corrected chi connectivity index (χ3v) is 4.36. The summed E-state index contributed by atoms with van der Waals surface area (Å²) in [6, 6.07) is 4.07. The molecule has 2 aromatic heterocycles. The lowest BCUT2D eigenvalue weighted by Gasteiger charge is -2.27. The largest absolute Gasteiger partial charge is 0.378 e. The lowest BCUT2D eigenvalue weighted by molar-refractivity contribution is -0.108. The number of carbonyl (C=O) groups excluding carboxylic acids is 1. The van der Waals surface area contributed by atoms with E-state index in [1.807, 2.05) is 19.1 Å². The number of pyridine rings is 1. The van der Waals surface area contributed by atoms with Crippen LogP contribution in [0, 0.1) is 6.92 Å². The van der Waals surface area contributed by atoms with Gasteiger partial charge in [0.1, 0.15) is 10.6 Å². The number of hydrogen-bond donors (Lipinski definition) is 1. The first-order chi connectivity index (χ1) is 10.3. The minimum absolute atomic E-state index is 0.599. The molecule has 21 heavy (non-hydrogen) atoms. The number of nitrogens with one attached hydrogen (secondary N) is 1. The number of carbonyl (C=O) groups is 1. The van der Waals surface area contributed by atoms with Gasteiger partial charge >= 0.3 is 0 Å². The van der Waals surface area contributed by atoms with Gasteiger partial charge in [0.15, 0.2) is 0 Å². The Morgan fingerprint density at radius 3 is 3.00 bits per heavy atom. The zero-order valence-electron chi connectivity index (χ0n) is 11.7. The van der Waals surface area contributed by atoms with Crippen molar-refractivity contribution in [2.24, 2.45) is 4.99 Å². The maximum absolute atomic E-state index is 10.3. The Bertz CT molecular complexity index is 677. The molecule has 1 aliphatic heterocycles. The second-order valence-corrected chi connectivity index (χ2v) is 5.87. The van der Waals surface area contributed by atoms with Gasteiger partial charge in [0.2, 0.25) is 6.41 Å². The number of fused-ring (bicyclic) bond motifs is 1. The highest BCUT2D eigenvalue weighted by molar-refractivity contribution is 7.19. The first-order valence-corrected chi connectivity index (χ1v) is 7.56. The van der Waals surface area contributed by atoms with Crippen LogP contribution in [0.5, 0.6) is 0 Å². The first kappa shape index (κ1) is 14.0. The van der Waals surface area contributed by atoms with Gasteiger partial charge in [-0.1, -0.05) is 0 Å². The van der Waals surface area contributed by atoms with Crippen LogP contribution >= 0.6 is 11.3 Å². The maximum atomic E-state index is 10.3. The molecule has 6 nitrogen and oxygen atoms in total. The van der Waals surface area contributed by atoms with Crippen molar-refractivity contribution in [3.8, 4) is 0 Å². The Kier molecular flexibility index (Phi) is 4.12. The van der Waals surface area contributed by atoms with Crippen LogP contribution in [0.15, 0.2) is 17.1 Å². The van der Waals surface area contributed by atoms with E-state index in [0.29, 0.717) is 6.41 Å². The van der Waals surface area contributed by atoms with Crippen LogP contribution in [0.25, 0.3) is 10.2 Å². The predicted molar refractivity (Wildman–Crippen MR) is 84.7 cm³/mol. The summed E-state index contributed by atoms with van der Waals surface area (Å²) in [4.78, 5) is 23.6. The summed E-state index contributed by atoms with van der Waals surface area (Å²) in [5.74, 6) is 0.980. The van der Waals surface area contributed by atoms with Crippen LogP contribution in [0.1, 0.15) is 4.88 Å². The van der Waals surface area contributed by atoms with Gasteiger partial charge < -0.3 is 15.0 Å². The average molecular weight is 304 g/mol. The molecular formula is C14H16N4O2S. The van der Waals surface area contributed by atoms with E-state index in [4.69, 9.17) is 9.72 Å². The van der Waals surface area contributed by atoms with Gasteiger partial charge in [-0.25, -0.2) is 9.98 Å². The molecule has 2 aromatic rings. The van der Waals surface area contributed by atoms with Gasteiger partial charge in [-0.3, -0.25) is 4.79 Å². The van der Waals surface area contributed by atoms with Crippen molar-refractivity contribution in [2.45, 2.75) is 6.92 Å². The zero-order valence-corrected chi connectivity index (χ0v) is 12.5. The molecule has 0 atom stereocenters. The number of anilines is 1. The molecule has 7 heteroatoms. The molecule has 0 unspecified atom stereocenters. The lowest BCUT2D eigenvalue weighted by Crippen LogP contribution is -2.36. The highest BCUT2D eigenvalue weighted by Crippen LogP contribution is 2.37. The van der Waals surface area contributed by atoms with E-state index < -0.39 is 0 Å². The van der Waals surface area contributed by atoms with Crippen molar-refractivity contribution < 1.29 is 9.53 Å². The minimum atomic E-state index is 0.599. The van der Waals surface area contributed by atoms with Crippen LogP contribution in [0.4, 0.5) is 11.5 Å². The summed E-state index contributed by atoms with van der Waals surface area (Å²) >= 11 is 1.62. The van der Waals surface area contributed by atoms with E-state index >= 15 is 0 Å². The highest BCUT2D eigenvalue weighted by atomic mass is 32.1. The molecule has 0 saturated carbocycles. The number of thiophene rings is 1. The molecule has 0 bridgehead atoms. The number of morpholine rings is 1. The SMILES string of the molecule is Cc1sc2nc(N3CCOCC3)ccc2c1/N=C\NC=O. The molecule has 0 aromatic carbocycles. The minimum Gasteiger partial charge on any atom is -0.378 e. The van der Waals surface area contributed by atoms with Crippen molar-refractivity contribution in [2.75, 3.05) is 31.2 Å². The molecule has 1 N–H and O–H groups in total. The number of amides is 1. The van der Waals surface area contributed by atoms with Crippen LogP contribution in [0.2, 0.25) is 0 Å². The van der Waals surface area contributed by atoms with Gasteiger partial charge in [-0.15, -0.1) is 11.3 Å². The molecule has 1 aliphatic rings. The molecule has 3 heterocycles. The fourth-order valence-corrected chi connectivity index (χ4v) is 3.30. The van der Waals surface area contributed by atoms with Gasteiger partial charge in [-0.2, -0.15) is 0 Å². The summed E-state index contributed by atoms with van der Waals surface area (Å²) in [6.07, 6.45) is 2.00. The van der Waals surface area contributed by atoms with E-state index in [0.717, 1.165) is 52.9 Å². The number of ether oxygens (including phenoxy) is 1. The summed E-state index contributed by atoms with van der Waals surface area (Å²) in [6.45, 7) is 5.24. The Morgan fingerprint density at radius 2 is 2.24 bits per heavy atom. The van der Waals surface area contributed by atoms with Gasteiger partial charge in [-0.05, 0) is 19.1 Å². The van der Waals surface area contributed by atoms with Crippen molar-refractivity contribution in [3.63, 3.8) is 0 Å². The third kappa shape index (κ3) is 2.88. The Morgan fingerprint density at radius 1 is 1.43 bits per heavy atom. The number of nitrogens with zero attached hydrogens (tertiary/aromatic N) is 3.